The number of hydrogen-bond donors (Lipinski definition) is 0. The molecular weight excluding hydrogens is 352 g/mol. The van der Waals surface area contributed by atoms with Gasteiger partial charge in [-0.2, -0.15) is 0 Å². The molecule has 0 fully saturated rings. The second-order valence-corrected chi connectivity index (χ2v) is 8.09. The first-order valence-electron chi connectivity index (χ1n) is 12.0. The molecule has 0 rings (SSSR count). The van der Waals surface area contributed by atoms with Crippen molar-refractivity contribution in [3.8, 4) is 0 Å². The molecule has 0 amide bonds. The van der Waals surface area contributed by atoms with Gasteiger partial charge in [-0.1, -0.05) is 59.8 Å². The lowest BCUT2D eigenvalue weighted by Gasteiger charge is -2.50. The minimum absolute atomic E-state index is 0.227. The highest BCUT2D eigenvalue weighted by Crippen LogP contribution is 2.48. The van der Waals surface area contributed by atoms with E-state index in [0.29, 0.717) is 25.7 Å². The van der Waals surface area contributed by atoms with Crippen molar-refractivity contribution in [3.05, 3.63) is 0 Å². The molecule has 0 aromatic heterocycles. The molecule has 0 aliphatic heterocycles. The maximum Gasteiger partial charge on any atom is 0.288 e. The Morgan fingerprint density at radius 1 is 0.679 bits per heavy atom. The quantitative estimate of drug-likeness (QED) is 0.163. The highest BCUT2D eigenvalue weighted by molar-refractivity contribution is 4.90. The van der Waals surface area contributed by atoms with Crippen LogP contribution in [0.4, 0.5) is 0 Å². The molecule has 0 aliphatic carbocycles. The summed E-state index contributed by atoms with van der Waals surface area (Å²) in [6, 6.07) is 0. The summed E-state index contributed by atoms with van der Waals surface area (Å²) in [6.45, 7) is 18.5. The van der Waals surface area contributed by atoms with Crippen molar-refractivity contribution < 1.29 is 18.9 Å². The minimum atomic E-state index is -0.987. The van der Waals surface area contributed by atoms with E-state index in [1.807, 2.05) is 20.8 Å². The highest BCUT2D eigenvalue weighted by Gasteiger charge is 2.54. The Balaban J connectivity index is 5.33. The molecule has 2 unspecified atom stereocenters. The van der Waals surface area contributed by atoms with E-state index in [2.05, 4.69) is 27.7 Å². The van der Waals surface area contributed by atoms with E-state index in [4.69, 9.17) is 18.9 Å². The van der Waals surface area contributed by atoms with Crippen LogP contribution in [0, 0.1) is 11.3 Å². The minimum Gasteiger partial charge on any atom is -0.381 e. The van der Waals surface area contributed by atoms with Gasteiger partial charge < -0.3 is 18.9 Å². The van der Waals surface area contributed by atoms with E-state index < -0.39 is 5.97 Å². The van der Waals surface area contributed by atoms with E-state index in [0.717, 1.165) is 32.5 Å². The van der Waals surface area contributed by atoms with E-state index in [-0.39, 0.29) is 5.41 Å². The van der Waals surface area contributed by atoms with Gasteiger partial charge >= 0.3 is 0 Å². The molecule has 0 aromatic carbocycles. The standard InChI is InChI=1S/C24H50O4/c1-8-13-14-15-16-18-22(6)23(7,19-17-21-25-20-9-2)24(26-10-3,27-11-4)28-12-5/h22H,8-21H2,1-7H3. The van der Waals surface area contributed by atoms with Gasteiger partial charge in [-0.25, -0.2) is 0 Å². The summed E-state index contributed by atoms with van der Waals surface area (Å²) in [5, 5.41) is 0. The Kier molecular flexibility index (Phi) is 16.5. The van der Waals surface area contributed by atoms with Gasteiger partial charge in [0.2, 0.25) is 0 Å². The zero-order valence-corrected chi connectivity index (χ0v) is 20.1. The molecular formula is C24H50O4. The van der Waals surface area contributed by atoms with Crippen molar-refractivity contribution in [2.45, 2.75) is 112 Å². The Morgan fingerprint density at radius 3 is 1.75 bits per heavy atom. The maximum absolute atomic E-state index is 6.23. The highest BCUT2D eigenvalue weighted by atomic mass is 16.9. The van der Waals surface area contributed by atoms with Crippen molar-refractivity contribution in [3.63, 3.8) is 0 Å². The molecule has 0 saturated heterocycles. The molecule has 0 aliphatic rings. The fourth-order valence-corrected chi connectivity index (χ4v) is 4.05. The lowest BCUT2D eigenvalue weighted by atomic mass is 9.70. The molecule has 0 aromatic rings. The molecule has 0 saturated carbocycles. The summed E-state index contributed by atoms with van der Waals surface area (Å²) in [4.78, 5) is 0. The van der Waals surface area contributed by atoms with Gasteiger partial charge in [-0.3, -0.25) is 0 Å². The van der Waals surface area contributed by atoms with Crippen molar-refractivity contribution in [2.75, 3.05) is 33.0 Å². The van der Waals surface area contributed by atoms with Gasteiger partial charge in [0, 0.05) is 33.0 Å². The lowest BCUT2D eigenvalue weighted by Crippen LogP contribution is -2.56. The van der Waals surface area contributed by atoms with Gasteiger partial charge in [0.25, 0.3) is 5.97 Å². The Bertz CT molecular complexity index is 330. The molecule has 2 atom stereocenters. The lowest BCUT2D eigenvalue weighted by molar-refractivity contribution is -0.434. The zero-order valence-electron chi connectivity index (χ0n) is 20.1. The number of hydrogen-bond acceptors (Lipinski definition) is 4. The van der Waals surface area contributed by atoms with Crippen molar-refractivity contribution in [1.82, 2.24) is 0 Å². The average Bonchev–Trinajstić information content (AvgIpc) is 2.67. The van der Waals surface area contributed by atoms with Crippen LogP contribution >= 0.6 is 0 Å². The molecule has 0 heterocycles. The van der Waals surface area contributed by atoms with E-state index in [1.54, 1.807) is 0 Å². The molecule has 170 valence electrons. The van der Waals surface area contributed by atoms with Crippen LogP contribution in [0.5, 0.6) is 0 Å². The number of ether oxygens (including phenoxy) is 4. The van der Waals surface area contributed by atoms with Gasteiger partial charge in [0.1, 0.15) is 0 Å². The third-order valence-corrected chi connectivity index (χ3v) is 5.86. The predicted molar refractivity (Wildman–Crippen MR) is 119 cm³/mol. The molecule has 28 heavy (non-hydrogen) atoms. The maximum atomic E-state index is 6.23. The first-order valence-corrected chi connectivity index (χ1v) is 12.0. The monoisotopic (exact) mass is 402 g/mol. The summed E-state index contributed by atoms with van der Waals surface area (Å²) < 4.78 is 24.5. The van der Waals surface area contributed by atoms with Crippen LogP contribution in [0.15, 0.2) is 0 Å². The van der Waals surface area contributed by atoms with Crippen LogP contribution in [0.25, 0.3) is 0 Å². The van der Waals surface area contributed by atoms with Crippen LogP contribution in [0.2, 0.25) is 0 Å². The van der Waals surface area contributed by atoms with E-state index in [1.165, 1.54) is 38.5 Å². The van der Waals surface area contributed by atoms with Crippen LogP contribution < -0.4 is 0 Å². The summed E-state index contributed by atoms with van der Waals surface area (Å²) in [5.41, 5.74) is -0.227. The zero-order chi connectivity index (χ0) is 21.3. The average molecular weight is 403 g/mol. The summed E-state index contributed by atoms with van der Waals surface area (Å²) in [6.07, 6.45) is 10.7. The third-order valence-electron chi connectivity index (χ3n) is 5.86. The predicted octanol–water partition coefficient (Wildman–Crippen LogP) is 6.96. The normalized spacial score (nSPS) is 15.5. The number of rotatable bonds is 20. The fraction of sp³-hybridized carbons (Fsp3) is 1.00. The van der Waals surface area contributed by atoms with E-state index >= 15 is 0 Å². The Hall–Kier alpha value is -0.160. The SMILES string of the molecule is CCCCCCCC(C)C(C)(CCCOCCC)C(OCC)(OCC)OCC. The topological polar surface area (TPSA) is 36.9 Å². The van der Waals surface area contributed by atoms with Gasteiger partial charge in [0.15, 0.2) is 0 Å². The van der Waals surface area contributed by atoms with Crippen LogP contribution in [-0.2, 0) is 18.9 Å². The van der Waals surface area contributed by atoms with Gasteiger partial charge in [-0.05, 0) is 52.4 Å². The summed E-state index contributed by atoms with van der Waals surface area (Å²) >= 11 is 0. The fourth-order valence-electron chi connectivity index (χ4n) is 4.05. The summed E-state index contributed by atoms with van der Waals surface area (Å²) in [5.74, 6) is -0.552. The second-order valence-electron chi connectivity index (χ2n) is 8.09. The smallest absolute Gasteiger partial charge is 0.288 e. The van der Waals surface area contributed by atoms with Gasteiger partial charge in [0.05, 0.1) is 5.41 Å². The molecule has 0 spiro atoms. The van der Waals surface area contributed by atoms with Gasteiger partial charge in [-0.15, -0.1) is 0 Å². The van der Waals surface area contributed by atoms with Crippen molar-refractivity contribution in [1.29, 1.82) is 0 Å². The number of unbranched alkanes of at least 4 members (excludes halogenated alkanes) is 4. The molecule has 0 radical (unpaired) electrons. The second kappa shape index (κ2) is 16.6. The van der Waals surface area contributed by atoms with Crippen LogP contribution in [0.1, 0.15) is 106 Å². The third kappa shape index (κ3) is 9.11. The first-order chi connectivity index (χ1) is 13.5. The Labute approximate surface area is 176 Å². The van der Waals surface area contributed by atoms with E-state index in [9.17, 15) is 0 Å². The molecule has 0 N–H and O–H groups in total. The Morgan fingerprint density at radius 2 is 1.25 bits per heavy atom. The largest absolute Gasteiger partial charge is 0.381 e. The molecule has 0 bridgehead atoms. The molecule has 4 heteroatoms. The van der Waals surface area contributed by atoms with Crippen LogP contribution in [0.3, 0.4) is 0 Å². The van der Waals surface area contributed by atoms with Crippen LogP contribution in [-0.4, -0.2) is 39.0 Å². The molecule has 4 nitrogen and oxygen atoms in total. The van der Waals surface area contributed by atoms with Crippen molar-refractivity contribution >= 4 is 0 Å². The first kappa shape index (κ1) is 27.8. The summed E-state index contributed by atoms with van der Waals surface area (Å²) in [7, 11) is 0. The van der Waals surface area contributed by atoms with Crippen molar-refractivity contribution in [2.24, 2.45) is 11.3 Å².